The van der Waals surface area contributed by atoms with Crippen LogP contribution in [-0.2, 0) is 14.8 Å². The van der Waals surface area contributed by atoms with Crippen molar-refractivity contribution in [2.75, 3.05) is 10.6 Å². The maximum Gasteiger partial charge on any atom is 0.267 e. The standard InChI is InChI=1S/C16H13BrN4O3S/c17-12-2-1-3-14(8-12)20-10-11(9-18)16(22)21-13-4-6-15(7-5-13)25(19,23)24/h1-8,10,20H,(H,21,22)(H2,19,23,24)/b11-10-. The molecular weight excluding hydrogens is 408 g/mol. The van der Waals surface area contributed by atoms with Crippen molar-refractivity contribution in [1.29, 1.82) is 5.26 Å². The van der Waals surface area contributed by atoms with E-state index in [4.69, 9.17) is 10.4 Å². The van der Waals surface area contributed by atoms with Gasteiger partial charge in [-0.25, -0.2) is 13.6 Å². The third kappa shape index (κ3) is 5.42. The van der Waals surface area contributed by atoms with Crippen LogP contribution in [0.5, 0.6) is 0 Å². The van der Waals surface area contributed by atoms with Gasteiger partial charge in [-0.1, -0.05) is 22.0 Å². The van der Waals surface area contributed by atoms with E-state index in [1.807, 2.05) is 6.07 Å². The molecule has 0 aliphatic heterocycles. The number of nitrogens with zero attached hydrogens (tertiary/aromatic N) is 1. The van der Waals surface area contributed by atoms with Crippen molar-refractivity contribution < 1.29 is 13.2 Å². The summed E-state index contributed by atoms with van der Waals surface area (Å²) in [4.78, 5) is 12.0. The largest absolute Gasteiger partial charge is 0.360 e. The van der Waals surface area contributed by atoms with Crippen molar-refractivity contribution in [3.63, 3.8) is 0 Å². The van der Waals surface area contributed by atoms with Crippen molar-refractivity contribution >= 4 is 43.2 Å². The number of primary sulfonamides is 1. The van der Waals surface area contributed by atoms with Gasteiger partial charge < -0.3 is 10.6 Å². The summed E-state index contributed by atoms with van der Waals surface area (Å²) in [5, 5.41) is 19.5. The highest BCUT2D eigenvalue weighted by molar-refractivity contribution is 9.10. The van der Waals surface area contributed by atoms with Gasteiger partial charge in [0, 0.05) is 22.0 Å². The molecule has 1 amide bonds. The lowest BCUT2D eigenvalue weighted by atomic mass is 10.2. The van der Waals surface area contributed by atoms with E-state index in [0.717, 1.165) is 4.47 Å². The topological polar surface area (TPSA) is 125 Å². The number of carbonyl (C=O) groups excluding carboxylic acids is 1. The zero-order valence-corrected chi connectivity index (χ0v) is 15.1. The van der Waals surface area contributed by atoms with Crippen LogP contribution in [0.2, 0.25) is 0 Å². The molecule has 7 nitrogen and oxygen atoms in total. The van der Waals surface area contributed by atoms with E-state index >= 15 is 0 Å². The highest BCUT2D eigenvalue weighted by atomic mass is 79.9. The predicted molar refractivity (Wildman–Crippen MR) is 97.9 cm³/mol. The molecule has 0 spiro atoms. The minimum atomic E-state index is -3.80. The molecule has 0 heterocycles. The molecule has 0 saturated carbocycles. The van der Waals surface area contributed by atoms with Gasteiger partial charge in [-0.3, -0.25) is 4.79 Å². The number of sulfonamides is 1. The molecule has 0 aliphatic carbocycles. The minimum absolute atomic E-state index is 0.0714. The average molecular weight is 421 g/mol. The number of nitrogens with two attached hydrogens (primary N) is 1. The molecule has 0 saturated heterocycles. The maximum absolute atomic E-state index is 12.1. The Balaban J connectivity index is 2.09. The van der Waals surface area contributed by atoms with Gasteiger partial charge in [0.15, 0.2) is 0 Å². The molecule has 0 unspecified atom stereocenters. The molecule has 0 aromatic heterocycles. The number of carbonyl (C=O) groups is 1. The van der Waals surface area contributed by atoms with Crippen LogP contribution in [0.25, 0.3) is 0 Å². The Bertz CT molecular complexity index is 964. The van der Waals surface area contributed by atoms with Gasteiger partial charge in [0.1, 0.15) is 11.6 Å². The first-order chi connectivity index (χ1) is 11.8. The third-order valence-corrected chi connectivity index (χ3v) is 4.44. The van der Waals surface area contributed by atoms with Crippen LogP contribution in [-0.4, -0.2) is 14.3 Å². The van der Waals surface area contributed by atoms with Crippen LogP contribution in [0.15, 0.2) is 69.7 Å². The quantitative estimate of drug-likeness (QED) is 0.506. The van der Waals surface area contributed by atoms with E-state index < -0.39 is 15.9 Å². The zero-order valence-electron chi connectivity index (χ0n) is 12.7. The first-order valence-electron chi connectivity index (χ1n) is 6.86. The van der Waals surface area contributed by atoms with Gasteiger partial charge >= 0.3 is 0 Å². The highest BCUT2D eigenvalue weighted by Gasteiger charge is 2.11. The monoisotopic (exact) mass is 420 g/mol. The molecule has 4 N–H and O–H groups in total. The van der Waals surface area contributed by atoms with Crippen LogP contribution in [0, 0.1) is 11.3 Å². The molecular formula is C16H13BrN4O3S. The fourth-order valence-electron chi connectivity index (χ4n) is 1.81. The molecule has 2 rings (SSSR count). The Labute approximate surface area is 153 Å². The second kappa shape index (κ2) is 7.94. The Hall–Kier alpha value is -2.67. The van der Waals surface area contributed by atoms with Crippen LogP contribution >= 0.6 is 15.9 Å². The second-order valence-corrected chi connectivity index (χ2v) is 7.33. The van der Waals surface area contributed by atoms with Gasteiger partial charge in [0.25, 0.3) is 5.91 Å². The number of hydrogen-bond acceptors (Lipinski definition) is 5. The van der Waals surface area contributed by atoms with Crippen LogP contribution in [0.4, 0.5) is 11.4 Å². The summed E-state index contributed by atoms with van der Waals surface area (Å²) in [5.74, 6) is -0.631. The Morgan fingerprint density at radius 1 is 1.16 bits per heavy atom. The lowest BCUT2D eigenvalue weighted by Crippen LogP contribution is -2.15. The normalized spacial score (nSPS) is 11.5. The first-order valence-corrected chi connectivity index (χ1v) is 9.20. The van der Waals surface area contributed by atoms with E-state index in [9.17, 15) is 13.2 Å². The van der Waals surface area contributed by atoms with Crippen LogP contribution in [0.3, 0.4) is 0 Å². The summed E-state index contributed by atoms with van der Waals surface area (Å²) < 4.78 is 23.2. The van der Waals surface area contributed by atoms with Crippen molar-refractivity contribution in [3.05, 3.63) is 64.8 Å². The van der Waals surface area contributed by atoms with E-state index in [2.05, 4.69) is 26.6 Å². The number of rotatable bonds is 5. The number of halogens is 1. The van der Waals surface area contributed by atoms with Crippen LogP contribution in [0.1, 0.15) is 0 Å². The number of hydrogen-bond donors (Lipinski definition) is 3. The molecule has 2 aromatic rings. The van der Waals surface area contributed by atoms with Gasteiger partial charge in [0.2, 0.25) is 10.0 Å². The van der Waals surface area contributed by atoms with E-state index in [1.54, 1.807) is 24.3 Å². The summed E-state index contributed by atoms with van der Waals surface area (Å²) in [6.45, 7) is 0. The fraction of sp³-hybridized carbons (Fsp3) is 0. The average Bonchev–Trinajstić information content (AvgIpc) is 2.55. The molecule has 9 heteroatoms. The molecule has 0 fully saturated rings. The summed E-state index contributed by atoms with van der Waals surface area (Å²) in [6, 6.07) is 14.3. The molecule has 0 atom stereocenters. The minimum Gasteiger partial charge on any atom is -0.360 e. The SMILES string of the molecule is N#C/C(=C/Nc1cccc(Br)c1)C(=O)Nc1ccc(S(N)(=O)=O)cc1. The molecule has 0 radical (unpaired) electrons. The number of nitrogens with one attached hydrogen (secondary N) is 2. The molecule has 2 aromatic carbocycles. The number of anilines is 2. The van der Waals surface area contributed by atoms with Gasteiger partial charge in [-0.05, 0) is 42.5 Å². The number of amides is 1. The van der Waals surface area contributed by atoms with Gasteiger partial charge in [-0.15, -0.1) is 0 Å². The molecule has 0 bridgehead atoms. The third-order valence-electron chi connectivity index (χ3n) is 3.01. The van der Waals surface area contributed by atoms with Gasteiger partial charge in [0.05, 0.1) is 4.90 Å². The molecule has 0 aliphatic rings. The van der Waals surface area contributed by atoms with Crippen molar-refractivity contribution in [3.8, 4) is 6.07 Å². The zero-order chi connectivity index (χ0) is 18.4. The lowest BCUT2D eigenvalue weighted by molar-refractivity contribution is -0.112. The molecule has 25 heavy (non-hydrogen) atoms. The summed E-state index contributed by atoms with van der Waals surface area (Å²) in [6.07, 6.45) is 1.29. The number of benzene rings is 2. The smallest absolute Gasteiger partial charge is 0.267 e. The Kier molecular flexibility index (Phi) is 5.93. The van der Waals surface area contributed by atoms with E-state index in [-0.39, 0.29) is 10.5 Å². The molecule has 128 valence electrons. The summed E-state index contributed by atoms with van der Waals surface area (Å²) >= 11 is 3.32. The van der Waals surface area contributed by atoms with E-state index in [1.165, 1.54) is 30.5 Å². The van der Waals surface area contributed by atoms with Crippen molar-refractivity contribution in [2.45, 2.75) is 4.90 Å². The fourth-order valence-corrected chi connectivity index (χ4v) is 2.72. The second-order valence-electron chi connectivity index (χ2n) is 4.85. The Morgan fingerprint density at radius 2 is 1.84 bits per heavy atom. The Morgan fingerprint density at radius 3 is 2.40 bits per heavy atom. The summed E-state index contributed by atoms with van der Waals surface area (Å²) in [7, 11) is -3.80. The van der Waals surface area contributed by atoms with Crippen molar-refractivity contribution in [2.24, 2.45) is 5.14 Å². The van der Waals surface area contributed by atoms with Crippen LogP contribution < -0.4 is 15.8 Å². The lowest BCUT2D eigenvalue weighted by Gasteiger charge is -2.06. The first kappa shape index (κ1) is 18.7. The highest BCUT2D eigenvalue weighted by Crippen LogP contribution is 2.16. The summed E-state index contributed by atoms with van der Waals surface area (Å²) in [5.41, 5.74) is 0.893. The number of nitriles is 1. The maximum atomic E-state index is 12.1. The van der Waals surface area contributed by atoms with Crippen molar-refractivity contribution in [1.82, 2.24) is 0 Å². The van der Waals surface area contributed by atoms with Gasteiger partial charge in [-0.2, -0.15) is 5.26 Å². The van der Waals surface area contributed by atoms with E-state index in [0.29, 0.717) is 11.4 Å². The predicted octanol–water partition coefficient (Wildman–Crippen LogP) is 2.55.